The molecule has 1 saturated carbocycles. The summed E-state index contributed by atoms with van der Waals surface area (Å²) in [6, 6.07) is 8.13. The van der Waals surface area contributed by atoms with Crippen LogP contribution in [-0.4, -0.2) is 15.9 Å². The first-order valence-corrected chi connectivity index (χ1v) is 6.56. The monoisotopic (exact) mass is 271 g/mol. The Morgan fingerprint density at radius 1 is 1.15 bits per heavy atom. The summed E-state index contributed by atoms with van der Waals surface area (Å²) in [6.07, 6.45) is 5.31. The van der Waals surface area contributed by atoms with E-state index in [9.17, 15) is 9.18 Å². The molecule has 1 amide bonds. The maximum Gasteiger partial charge on any atom is 0.237 e. The molecule has 3 rings (SSSR count). The van der Waals surface area contributed by atoms with E-state index >= 15 is 0 Å². The van der Waals surface area contributed by atoms with E-state index < -0.39 is 5.41 Å². The van der Waals surface area contributed by atoms with E-state index in [-0.39, 0.29) is 17.7 Å². The van der Waals surface area contributed by atoms with Crippen molar-refractivity contribution in [3.63, 3.8) is 0 Å². The molecule has 1 aliphatic rings. The van der Waals surface area contributed by atoms with Crippen molar-refractivity contribution in [2.75, 3.05) is 5.32 Å². The Hall–Kier alpha value is -2.30. The van der Waals surface area contributed by atoms with Gasteiger partial charge >= 0.3 is 0 Å². The van der Waals surface area contributed by atoms with Crippen LogP contribution in [0.4, 0.5) is 10.3 Å². The molecule has 4 nitrogen and oxygen atoms in total. The minimum absolute atomic E-state index is 0.236. The van der Waals surface area contributed by atoms with Gasteiger partial charge in [0.2, 0.25) is 11.9 Å². The average Bonchev–Trinajstić information content (AvgIpc) is 2.41. The topological polar surface area (TPSA) is 54.9 Å². The molecule has 0 unspecified atom stereocenters. The third-order valence-electron chi connectivity index (χ3n) is 3.82. The summed E-state index contributed by atoms with van der Waals surface area (Å²) >= 11 is 0. The molecular weight excluding hydrogens is 257 g/mol. The fourth-order valence-corrected chi connectivity index (χ4v) is 2.58. The number of hydrogen-bond donors (Lipinski definition) is 1. The van der Waals surface area contributed by atoms with E-state index in [1.165, 1.54) is 6.07 Å². The van der Waals surface area contributed by atoms with Gasteiger partial charge in [-0.1, -0.05) is 24.6 Å². The molecule has 1 N–H and O–H groups in total. The lowest BCUT2D eigenvalue weighted by atomic mass is 9.63. The normalized spacial score (nSPS) is 16.2. The number of anilines is 1. The highest BCUT2D eigenvalue weighted by Crippen LogP contribution is 2.45. The lowest BCUT2D eigenvalue weighted by Gasteiger charge is -2.40. The van der Waals surface area contributed by atoms with Gasteiger partial charge in [0.1, 0.15) is 5.82 Å². The van der Waals surface area contributed by atoms with Crippen LogP contribution in [0.15, 0.2) is 42.7 Å². The van der Waals surface area contributed by atoms with E-state index in [1.54, 1.807) is 36.7 Å². The molecule has 1 aromatic heterocycles. The van der Waals surface area contributed by atoms with Crippen molar-refractivity contribution in [3.8, 4) is 0 Å². The van der Waals surface area contributed by atoms with Crippen LogP contribution in [0.1, 0.15) is 24.8 Å². The predicted octanol–water partition coefficient (Wildman–Crippen LogP) is 2.68. The Balaban J connectivity index is 1.90. The number of carbonyl (C=O) groups excluding carboxylic acids is 1. The second-order valence-electron chi connectivity index (χ2n) is 4.94. The molecule has 2 aromatic rings. The number of nitrogens with one attached hydrogen (secondary N) is 1. The summed E-state index contributed by atoms with van der Waals surface area (Å²) in [6.45, 7) is 0. The first kappa shape index (κ1) is 12.7. The van der Waals surface area contributed by atoms with Gasteiger partial charge in [0.25, 0.3) is 0 Å². The Labute approximate surface area is 116 Å². The van der Waals surface area contributed by atoms with E-state index in [1.807, 2.05) is 0 Å². The number of aromatic nitrogens is 2. The number of hydrogen-bond acceptors (Lipinski definition) is 3. The fraction of sp³-hybridized carbons (Fsp3) is 0.267. The van der Waals surface area contributed by atoms with E-state index in [0.29, 0.717) is 18.4 Å². The third-order valence-corrected chi connectivity index (χ3v) is 3.82. The van der Waals surface area contributed by atoms with E-state index in [4.69, 9.17) is 0 Å². The highest BCUT2D eigenvalue weighted by molar-refractivity contribution is 5.98. The number of carbonyl (C=O) groups is 1. The van der Waals surface area contributed by atoms with E-state index in [0.717, 1.165) is 6.42 Å². The van der Waals surface area contributed by atoms with Gasteiger partial charge in [-0.05, 0) is 25.0 Å². The SMILES string of the molecule is O=C(Nc1ncccn1)C1(c2ccccc2F)CCC1. The maximum absolute atomic E-state index is 14.0. The van der Waals surface area contributed by atoms with Crippen molar-refractivity contribution in [2.45, 2.75) is 24.7 Å². The molecule has 0 bridgehead atoms. The predicted molar refractivity (Wildman–Crippen MR) is 72.6 cm³/mol. The molecule has 1 aromatic carbocycles. The summed E-state index contributed by atoms with van der Waals surface area (Å²) in [4.78, 5) is 20.5. The van der Waals surface area contributed by atoms with Gasteiger partial charge < -0.3 is 0 Å². The zero-order valence-electron chi connectivity index (χ0n) is 10.8. The molecule has 0 spiro atoms. The Kier molecular flexibility index (Phi) is 3.18. The Morgan fingerprint density at radius 3 is 2.45 bits per heavy atom. The van der Waals surface area contributed by atoms with Crippen molar-refractivity contribution < 1.29 is 9.18 Å². The molecule has 1 heterocycles. The molecule has 0 aliphatic heterocycles. The van der Waals surface area contributed by atoms with Gasteiger partial charge in [0.05, 0.1) is 5.41 Å². The second kappa shape index (κ2) is 5.00. The molecule has 1 fully saturated rings. The highest BCUT2D eigenvalue weighted by atomic mass is 19.1. The molecule has 20 heavy (non-hydrogen) atoms. The molecule has 0 radical (unpaired) electrons. The zero-order valence-corrected chi connectivity index (χ0v) is 10.8. The summed E-state index contributed by atoms with van der Waals surface area (Å²) in [7, 11) is 0. The zero-order chi connectivity index (χ0) is 14.0. The molecule has 0 saturated heterocycles. The standard InChI is InChI=1S/C15H14FN3O/c16-12-6-2-1-5-11(12)15(7-3-8-15)13(20)19-14-17-9-4-10-18-14/h1-2,4-6,9-10H,3,7-8H2,(H,17,18,19,20). The van der Waals surface area contributed by atoms with Crippen LogP contribution < -0.4 is 5.32 Å². The number of amides is 1. The number of rotatable bonds is 3. The molecule has 102 valence electrons. The smallest absolute Gasteiger partial charge is 0.237 e. The Morgan fingerprint density at radius 2 is 1.85 bits per heavy atom. The van der Waals surface area contributed by atoms with Crippen LogP contribution in [0.2, 0.25) is 0 Å². The van der Waals surface area contributed by atoms with Gasteiger partial charge in [-0.15, -0.1) is 0 Å². The van der Waals surface area contributed by atoms with E-state index in [2.05, 4.69) is 15.3 Å². The lowest BCUT2D eigenvalue weighted by Crippen LogP contribution is -2.46. The van der Waals surface area contributed by atoms with Crippen LogP contribution >= 0.6 is 0 Å². The van der Waals surface area contributed by atoms with Crippen LogP contribution in [0.5, 0.6) is 0 Å². The van der Waals surface area contributed by atoms with Gasteiger partial charge in [0.15, 0.2) is 0 Å². The summed E-state index contributed by atoms with van der Waals surface area (Å²) in [5, 5.41) is 2.68. The van der Waals surface area contributed by atoms with Gasteiger partial charge in [-0.3, -0.25) is 10.1 Å². The first-order chi connectivity index (χ1) is 9.72. The van der Waals surface area contributed by atoms with Gasteiger partial charge in [0, 0.05) is 18.0 Å². The average molecular weight is 271 g/mol. The summed E-state index contributed by atoms with van der Waals surface area (Å²) < 4.78 is 14.0. The lowest BCUT2D eigenvalue weighted by molar-refractivity contribution is -0.124. The van der Waals surface area contributed by atoms with Crippen molar-refractivity contribution in [1.29, 1.82) is 0 Å². The third kappa shape index (κ3) is 2.05. The maximum atomic E-state index is 14.0. The summed E-state index contributed by atoms with van der Waals surface area (Å²) in [5.41, 5.74) is -0.329. The quantitative estimate of drug-likeness (QED) is 0.933. The van der Waals surface area contributed by atoms with Crippen molar-refractivity contribution in [1.82, 2.24) is 9.97 Å². The molecule has 0 atom stereocenters. The molecular formula is C15H14FN3O. The molecule has 1 aliphatic carbocycles. The van der Waals surface area contributed by atoms with Crippen molar-refractivity contribution >= 4 is 11.9 Å². The second-order valence-corrected chi connectivity index (χ2v) is 4.94. The fourth-order valence-electron chi connectivity index (χ4n) is 2.58. The van der Waals surface area contributed by atoms with Crippen LogP contribution in [0.25, 0.3) is 0 Å². The minimum atomic E-state index is -0.787. The highest BCUT2D eigenvalue weighted by Gasteiger charge is 2.47. The van der Waals surface area contributed by atoms with Crippen LogP contribution in [-0.2, 0) is 10.2 Å². The van der Waals surface area contributed by atoms with Gasteiger partial charge in [-0.25, -0.2) is 14.4 Å². The minimum Gasteiger partial charge on any atom is -0.294 e. The Bertz CT molecular complexity index is 626. The van der Waals surface area contributed by atoms with Crippen molar-refractivity contribution in [2.24, 2.45) is 0 Å². The summed E-state index contributed by atoms with van der Waals surface area (Å²) in [5.74, 6) is -0.323. The first-order valence-electron chi connectivity index (χ1n) is 6.56. The number of halogens is 1. The van der Waals surface area contributed by atoms with Crippen molar-refractivity contribution in [3.05, 3.63) is 54.1 Å². The number of benzene rings is 1. The molecule has 5 heteroatoms. The van der Waals surface area contributed by atoms with Crippen LogP contribution in [0.3, 0.4) is 0 Å². The van der Waals surface area contributed by atoms with Gasteiger partial charge in [-0.2, -0.15) is 0 Å². The number of nitrogens with zero attached hydrogens (tertiary/aromatic N) is 2. The largest absolute Gasteiger partial charge is 0.294 e. The van der Waals surface area contributed by atoms with Crippen LogP contribution in [0, 0.1) is 5.82 Å².